The van der Waals surface area contributed by atoms with E-state index in [9.17, 15) is 0 Å². The molecule has 1 aromatic heterocycles. The number of para-hydroxylation sites is 2. The monoisotopic (exact) mass is 242 g/mol. The maximum atomic E-state index is 4.96. The van der Waals surface area contributed by atoms with E-state index in [4.69, 9.17) is 4.74 Å². The Labute approximate surface area is 105 Å². The molecule has 2 aromatic rings. The van der Waals surface area contributed by atoms with Crippen LogP contribution in [-0.4, -0.2) is 28.7 Å². The van der Waals surface area contributed by atoms with Gasteiger partial charge in [-0.2, -0.15) is 5.10 Å². The molecular formula is C13H14N4O. The van der Waals surface area contributed by atoms with Crippen molar-refractivity contribution in [2.45, 2.75) is 13.8 Å². The zero-order valence-electron chi connectivity index (χ0n) is 10.4. The number of hydrogen-bond acceptors (Lipinski definition) is 5. The molecule has 0 radical (unpaired) electrons. The number of ether oxygens (including phenoxy) is 1. The maximum absolute atomic E-state index is 4.96. The first-order valence-electron chi connectivity index (χ1n) is 5.71. The molecule has 0 spiro atoms. The minimum absolute atomic E-state index is 0.577. The summed E-state index contributed by atoms with van der Waals surface area (Å²) in [5.74, 6) is 0. The third-order valence-electron chi connectivity index (χ3n) is 2.32. The molecule has 5 nitrogen and oxygen atoms in total. The standard InChI is InChI=1S/C13H14N4O/c1-3-18-9-15-17-10(2)13-8-14-11-6-4-5-7-12(11)16-13/h4-9H,3H2,1-2H3/b15-9+,17-10+. The fraction of sp³-hybridized carbons (Fsp3) is 0.231. The molecule has 0 aliphatic carbocycles. The van der Waals surface area contributed by atoms with Gasteiger partial charge in [-0.05, 0) is 26.0 Å². The molecule has 0 fully saturated rings. The first-order chi connectivity index (χ1) is 8.81. The largest absolute Gasteiger partial charge is 0.482 e. The molecule has 0 amide bonds. The highest BCUT2D eigenvalue weighted by Gasteiger charge is 2.01. The smallest absolute Gasteiger partial charge is 0.195 e. The molecule has 2 rings (SSSR count). The Balaban J connectivity index is 2.25. The molecule has 1 aromatic carbocycles. The molecular weight excluding hydrogens is 228 g/mol. The first-order valence-corrected chi connectivity index (χ1v) is 5.71. The van der Waals surface area contributed by atoms with Crippen molar-refractivity contribution >= 4 is 23.1 Å². The van der Waals surface area contributed by atoms with Crippen molar-refractivity contribution in [2.24, 2.45) is 10.2 Å². The van der Waals surface area contributed by atoms with Crippen LogP contribution in [0.3, 0.4) is 0 Å². The van der Waals surface area contributed by atoms with Crippen LogP contribution in [0.5, 0.6) is 0 Å². The number of benzene rings is 1. The number of rotatable bonds is 4. The predicted octanol–water partition coefficient (Wildman–Crippen LogP) is 2.42. The average molecular weight is 242 g/mol. The molecule has 5 heteroatoms. The molecule has 0 saturated carbocycles. The molecule has 1 heterocycles. The van der Waals surface area contributed by atoms with Crippen molar-refractivity contribution in [3.05, 3.63) is 36.2 Å². The van der Waals surface area contributed by atoms with Crippen molar-refractivity contribution in [3.8, 4) is 0 Å². The fourth-order valence-corrected chi connectivity index (χ4v) is 1.40. The van der Waals surface area contributed by atoms with Gasteiger partial charge >= 0.3 is 0 Å². The Hall–Kier alpha value is -2.30. The van der Waals surface area contributed by atoms with Gasteiger partial charge < -0.3 is 4.74 Å². The van der Waals surface area contributed by atoms with Crippen LogP contribution in [-0.2, 0) is 4.74 Å². The van der Waals surface area contributed by atoms with Crippen LogP contribution in [0.2, 0.25) is 0 Å². The number of nitrogens with zero attached hydrogens (tertiary/aromatic N) is 4. The third-order valence-corrected chi connectivity index (χ3v) is 2.32. The van der Waals surface area contributed by atoms with Crippen molar-refractivity contribution in [2.75, 3.05) is 6.61 Å². The van der Waals surface area contributed by atoms with Gasteiger partial charge in [0.1, 0.15) is 5.69 Å². The Morgan fingerprint density at radius 1 is 1.33 bits per heavy atom. The highest BCUT2D eigenvalue weighted by atomic mass is 16.5. The van der Waals surface area contributed by atoms with Crippen molar-refractivity contribution < 1.29 is 4.74 Å². The summed E-state index contributed by atoms with van der Waals surface area (Å²) in [5, 5.41) is 7.79. The second-order valence-corrected chi connectivity index (χ2v) is 3.61. The SMILES string of the molecule is CCO/C=N/N=C(\C)c1cnc2ccccc2n1. The van der Waals surface area contributed by atoms with Gasteiger partial charge in [-0.3, -0.25) is 4.98 Å². The molecule has 0 unspecified atom stereocenters. The second kappa shape index (κ2) is 5.86. The van der Waals surface area contributed by atoms with E-state index in [2.05, 4.69) is 20.2 Å². The summed E-state index contributed by atoms with van der Waals surface area (Å²) in [4.78, 5) is 8.79. The van der Waals surface area contributed by atoms with Crippen molar-refractivity contribution in [3.63, 3.8) is 0 Å². The van der Waals surface area contributed by atoms with Gasteiger partial charge in [0.15, 0.2) is 6.40 Å². The van der Waals surface area contributed by atoms with Crippen LogP contribution in [0, 0.1) is 0 Å². The van der Waals surface area contributed by atoms with Gasteiger partial charge in [-0.1, -0.05) is 12.1 Å². The normalized spacial score (nSPS) is 12.2. The van der Waals surface area contributed by atoms with Gasteiger partial charge in [0.2, 0.25) is 0 Å². The number of aromatic nitrogens is 2. The minimum atomic E-state index is 0.577. The molecule has 0 atom stereocenters. The van der Waals surface area contributed by atoms with Crippen molar-refractivity contribution in [1.82, 2.24) is 9.97 Å². The summed E-state index contributed by atoms with van der Waals surface area (Å²) in [5.41, 5.74) is 3.12. The molecule has 0 bridgehead atoms. The summed E-state index contributed by atoms with van der Waals surface area (Å²) >= 11 is 0. The minimum Gasteiger partial charge on any atom is -0.482 e. The lowest BCUT2D eigenvalue weighted by molar-refractivity contribution is 0.342. The summed E-state index contributed by atoms with van der Waals surface area (Å²) < 4.78 is 4.96. The molecule has 18 heavy (non-hydrogen) atoms. The second-order valence-electron chi connectivity index (χ2n) is 3.61. The van der Waals surface area contributed by atoms with E-state index in [-0.39, 0.29) is 0 Å². The summed E-state index contributed by atoms with van der Waals surface area (Å²) in [7, 11) is 0. The number of hydrogen-bond donors (Lipinski definition) is 0. The summed E-state index contributed by atoms with van der Waals surface area (Å²) in [6.45, 7) is 4.30. The van der Waals surface area contributed by atoms with Crippen LogP contribution in [0.1, 0.15) is 19.5 Å². The molecule has 92 valence electrons. The lowest BCUT2D eigenvalue weighted by Crippen LogP contribution is -1.99. The van der Waals surface area contributed by atoms with E-state index in [0.29, 0.717) is 18.0 Å². The maximum Gasteiger partial charge on any atom is 0.195 e. The topological polar surface area (TPSA) is 59.7 Å². The van der Waals surface area contributed by atoms with Gasteiger partial charge in [-0.15, -0.1) is 5.10 Å². The zero-order chi connectivity index (χ0) is 12.8. The average Bonchev–Trinajstić information content (AvgIpc) is 2.43. The van der Waals surface area contributed by atoms with Crippen LogP contribution >= 0.6 is 0 Å². The van der Waals surface area contributed by atoms with Gasteiger partial charge in [-0.25, -0.2) is 4.98 Å². The molecule has 0 N–H and O–H groups in total. The Bertz CT molecular complexity index is 592. The summed E-state index contributed by atoms with van der Waals surface area (Å²) in [6.07, 6.45) is 3.01. The summed E-state index contributed by atoms with van der Waals surface area (Å²) in [6, 6.07) is 7.71. The Morgan fingerprint density at radius 3 is 2.89 bits per heavy atom. The van der Waals surface area contributed by atoms with Gasteiger partial charge in [0, 0.05) is 0 Å². The Kier molecular flexibility index (Phi) is 3.96. The molecule has 0 aliphatic rings. The number of fused-ring (bicyclic) bond motifs is 1. The van der Waals surface area contributed by atoms with Gasteiger partial charge in [0.05, 0.1) is 29.5 Å². The fourth-order valence-electron chi connectivity index (χ4n) is 1.40. The van der Waals surface area contributed by atoms with E-state index >= 15 is 0 Å². The van der Waals surface area contributed by atoms with E-state index < -0.39 is 0 Å². The van der Waals surface area contributed by atoms with E-state index in [0.717, 1.165) is 11.0 Å². The van der Waals surface area contributed by atoms with E-state index in [1.807, 2.05) is 38.1 Å². The highest BCUT2D eigenvalue weighted by molar-refractivity contribution is 5.98. The van der Waals surface area contributed by atoms with Crippen LogP contribution in [0.15, 0.2) is 40.7 Å². The van der Waals surface area contributed by atoms with Crippen LogP contribution < -0.4 is 0 Å². The zero-order valence-corrected chi connectivity index (χ0v) is 10.4. The van der Waals surface area contributed by atoms with Crippen LogP contribution in [0.4, 0.5) is 0 Å². The van der Waals surface area contributed by atoms with Crippen LogP contribution in [0.25, 0.3) is 11.0 Å². The lowest BCUT2D eigenvalue weighted by Gasteiger charge is -2.00. The van der Waals surface area contributed by atoms with E-state index in [1.54, 1.807) is 6.20 Å². The predicted molar refractivity (Wildman–Crippen MR) is 71.9 cm³/mol. The highest BCUT2D eigenvalue weighted by Crippen LogP contribution is 2.09. The van der Waals surface area contributed by atoms with Crippen molar-refractivity contribution in [1.29, 1.82) is 0 Å². The molecule has 0 aliphatic heterocycles. The molecule has 0 saturated heterocycles. The third kappa shape index (κ3) is 2.88. The van der Waals surface area contributed by atoms with Gasteiger partial charge in [0.25, 0.3) is 0 Å². The lowest BCUT2D eigenvalue weighted by atomic mass is 10.2. The Morgan fingerprint density at radius 2 is 2.11 bits per heavy atom. The quantitative estimate of drug-likeness (QED) is 0.470. The van der Waals surface area contributed by atoms with E-state index in [1.165, 1.54) is 6.40 Å². The first kappa shape index (κ1) is 12.2.